The highest BCUT2D eigenvalue weighted by Gasteiger charge is 2.37. The number of nitrogens with zero attached hydrogens (tertiary/aromatic N) is 1. The zero-order valence-electron chi connectivity index (χ0n) is 16.1. The van der Waals surface area contributed by atoms with E-state index < -0.39 is 17.8 Å². The lowest BCUT2D eigenvalue weighted by molar-refractivity contribution is -0.122. The summed E-state index contributed by atoms with van der Waals surface area (Å²) in [5, 5.41) is 3.38. The van der Waals surface area contributed by atoms with Crippen molar-refractivity contribution in [2.45, 2.75) is 9.99 Å². The van der Waals surface area contributed by atoms with Gasteiger partial charge in [0, 0.05) is 9.92 Å². The molecule has 0 spiro atoms. The summed E-state index contributed by atoms with van der Waals surface area (Å²) in [4.78, 5) is 39.3. The third-order valence-electron chi connectivity index (χ3n) is 4.35. The Labute approximate surface area is 186 Å². The summed E-state index contributed by atoms with van der Waals surface area (Å²) < 4.78 is 10.8. The predicted molar refractivity (Wildman–Crippen MR) is 116 cm³/mol. The number of furan rings is 1. The molecule has 156 valence electrons. The molecule has 0 atom stereocenters. The monoisotopic (exact) mass is 454 g/mol. The fraction of sp³-hybridized carbons (Fsp3) is 0.0455. The van der Waals surface area contributed by atoms with Gasteiger partial charge in [-0.25, -0.2) is 9.69 Å². The molecule has 0 saturated carbocycles. The molecule has 1 N–H and O–H groups in total. The number of hydrogen-bond donors (Lipinski definition) is 1. The number of ether oxygens (including phenoxy) is 1. The van der Waals surface area contributed by atoms with Gasteiger partial charge in [-0.3, -0.25) is 14.9 Å². The molecule has 31 heavy (non-hydrogen) atoms. The molecule has 1 fully saturated rings. The van der Waals surface area contributed by atoms with Crippen molar-refractivity contribution >= 4 is 53.0 Å². The Bertz CT molecular complexity index is 1190. The number of anilines is 1. The van der Waals surface area contributed by atoms with Crippen LogP contribution in [0.15, 0.2) is 80.6 Å². The topological polar surface area (TPSA) is 88.8 Å². The lowest BCUT2D eigenvalue weighted by atomic mass is 10.1. The van der Waals surface area contributed by atoms with Gasteiger partial charge >= 0.3 is 6.03 Å². The molecule has 1 aliphatic heterocycles. The Morgan fingerprint density at radius 3 is 2.39 bits per heavy atom. The number of imide groups is 2. The van der Waals surface area contributed by atoms with E-state index >= 15 is 0 Å². The second-order valence-electron chi connectivity index (χ2n) is 6.37. The number of carbonyl (C=O) groups is 3. The Kier molecular flexibility index (Phi) is 5.83. The molecule has 4 amide bonds. The van der Waals surface area contributed by atoms with Crippen molar-refractivity contribution in [1.82, 2.24) is 5.32 Å². The number of urea groups is 1. The Morgan fingerprint density at radius 1 is 1.00 bits per heavy atom. The van der Waals surface area contributed by atoms with Crippen LogP contribution in [0.1, 0.15) is 5.76 Å². The molecule has 0 radical (unpaired) electrons. The number of barbiturate groups is 1. The number of rotatable bonds is 5. The fourth-order valence-corrected chi connectivity index (χ4v) is 3.76. The smallest absolute Gasteiger partial charge is 0.335 e. The van der Waals surface area contributed by atoms with Crippen LogP contribution >= 0.6 is 23.4 Å². The maximum atomic E-state index is 12.9. The minimum atomic E-state index is -0.823. The van der Waals surface area contributed by atoms with Crippen LogP contribution < -0.4 is 15.0 Å². The van der Waals surface area contributed by atoms with Gasteiger partial charge in [0.05, 0.1) is 12.8 Å². The highest BCUT2D eigenvalue weighted by Crippen LogP contribution is 2.31. The maximum absolute atomic E-state index is 12.9. The van der Waals surface area contributed by atoms with Crippen LogP contribution in [0, 0.1) is 0 Å². The molecule has 1 saturated heterocycles. The van der Waals surface area contributed by atoms with E-state index in [0.29, 0.717) is 27.3 Å². The predicted octanol–water partition coefficient (Wildman–Crippen LogP) is 4.76. The van der Waals surface area contributed by atoms with Crippen LogP contribution in [0.25, 0.3) is 6.08 Å². The highest BCUT2D eigenvalue weighted by molar-refractivity contribution is 7.99. The number of hydrogen-bond acceptors (Lipinski definition) is 6. The van der Waals surface area contributed by atoms with Crippen molar-refractivity contribution in [1.29, 1.82) is 0 Å². The third-order valence-corrected chi connectivity index (χ3v) is 5.53. The summed E-state index contributed by atoms with van der Waals surface area (Å²) in [7, 11) is 1.51. The van der Waals surface area contributed by atoms with Crippen LogP contribution in [-0.2, 0) is 9.59 Å². The van der Waals surface area contributed by atoms with E-state index in [9.17, 15) is 14.4 Å². The summed E-state index contributed by atoms with van der Waals surface area (Å²) >= 11 is 7.26. The van der Waals surface area contributed by atoms with Gasteiger partial charge in [0.25, 0.3) is 11.8 Å². The van der Waals surface area contributed by atoms with E-state index in [2.05, 4.69) is 5.32 Å². The average molecular weight is 455 g/mol. The summed E-state index contributed by atoms with van der Waals surface area (Å²) in [6, 6.07) is 16.1. The fourth-order valence-electron chi connectivity index (χ4n) is 2.85. The van der Waals surface area contributed by atoms with Gasteiger partial charge in [-0.1, -0.05) is 23.4 Å². The van der Waals surface area contributed by atoms with Crippen molar-refractivity contribution < 1.29 is 23.5 Å². The molecule has 2 heterocycles. The molecule has 7 nitrogen and oxygen atoms in total. The van der Waals surface area contributed by atoms with Gasteiger partial charge in [0.2, 0.25) is 0 Å². The molecular weight excluding hydrogens is 440 g/mol. The Balaban J connectivity index is 1.58. The van der Waals surface area contributed by atoms with Crippen LogP contribution in [-0.4, -0.2) is 25.0 Å². The first-order valence-electron chi connectivity index (χ1n) is 9.03. The molecule has 2 aromatic carbocycles. The van der Waals surface area contributed by atoms with Crippen LogP contribution in [0.2, 0.25) is 5.02 Å². The van der Waals surface area contributed by atoms with Gasteiger partial charge in [0.1, 0.15) is 17.1 Å². The van der Waals surface area contributed by atoms with E-state index in [1.54, 1.807) is 48.5 Å². The first kappa shape index (κ1) is 20.8. The first-order valence-corrected chi connectivity index (χ1v) is 10.2. The summed E-state index contributed by atoms with van der Waals surface area (Å²) in [6.45, 7) is 0. The molecule has 3 aromatic rings. The molecular formula is C22H15ClN2O5S. The minimum absolute atomic E-state index is 0.215. The van der Waals surface area contributed by atoms with Crippen molar-refractivity contribution in [2.75, 3.05) is 12.0 Å². The molecule has 1 aromatic heterocycles. The zero-order valence-corrected chi connectivity index (χ0v) is 17.7. The largest absolute Gasteiger partial charge is 0.497 e. The van der Waals surface area contributed by atoms with Gasteiger partial charge in [-0.05, 0) is 66.7 Å². The molecule has 0 bridgehead atoms. The van der Waals surface area contributed by atoms with E-state index in [-0.39, 0.29) is 5.57 Å². The highest BCUT2D eigenvalue weighted by atomic mass is 35.5. The average Bonchev–Trinajstić information content (AvgIpc) is 3.20. The Morgan fingerprint density at radius 2 is 1.71 bits per heavy atom. The van der Waals surface area contributed by atoms with E-state index in [0.717, 1.165) is 9.80 Å². The standard InChI is InChI=1S/C22H15ClN2O5S/c1-29-15-6-4-14(5-7-15)25-21(27)18(20(26)24-22(25)28)12-16-8-11-19(30-16)31-17-9-2-13(23)3-10-17/h2-12H,1H3,(H,24,26,28). The lowest BCUT2D eigenvalue weighted by Gasteiger charge is -2.26. The quantitative estimate of drug-likeness (QED) is 0.441. The number of nitrogens with one attached hydrogen (secondary N) is 1. The number of amides is 4. The van der Waals surface area contributed by atoms with Gasteiger partial charge in [0.15, 0.2) is 5.09 Å². The van der Waals surface area contributed by atoms with E-state index in [4.69, 9.17) is 20.8 Å². The minimum Gasteiger partial charge on any atom is -0.497 e. The van der Waals surface area contributed by atoms with Gasteiger partial charge in [-0.15, -0.1) is 0 Å². The van der Waals surface area contributed by atoms with E-state index in [1.807, 2.05) is 12.1 Å². The van der Waals surface area contributed by atoms with Crippen molar-refractivity contribution in [3.63, 3.8) is 0 Å². The number of halogens is 1. The summed E-state index contributed by atoms with van der Waals surface area (Å²) in [6.07, 6.45) is 1.31. The second kappa shape index (κ2) is 8.71. The molecule has 0 aliphatic carbocycles. The number of methoxy groups -OCH3 is 1. The van der Waals surface area contributed by atoms with Crippen LogP contribution in [0.3, 0.4) is 0 Å². The van der Waals surface area contributed by atoms with Crippen molar-refractivity contribution in [2.24, 2.45) is 0 Å². The second-order valence-corrected chi connectivity index (χ2v) is 7.88. The molecule has 4 rings (SSSR count). The maximum Gasteiger partial charge on any atom is 0.335 e. The third kappa shape index (κ3) is 4.50. The van der Waals surface area contributed by atoms with Crippen LogP contribution in [0.5, 0.6) is 5.75 Å². The van der Waals surface area contributed by atoms with Crippen molar-refractivity contribution in [3.8, 4) is 5.75 Å². The summed E-state index contributed by atoms with van der Waals surface area (Å²) in [5.74, 6) is -0.661. The van der Waals surface area contributed by atoms with Crippen LogP contribution in [0.4, 0.5) is 10.5 Å². The first-order chi connectivity index (χ1) is 14.9. The van der Waals surface area contributed by atoms with Gasteiger partial charge < -0.3 is 9.15 Å². The number of benzene rings is 2. The molecule has 0 unspecified atom stereocenters. The van der Waals surface area contributed by atoms with Crippen molar-refractivity contribution in [3.05, 3.63) is 77.0 Å². The summed E-state index contributed by atoms with van der Waals surface area (Å²) in [5.41, 5.74) is 0.0907. The normalized spacial score (nSPS) is 15.4. The van der Waals surface area contributed by atoms with E-state index in [1.165, 1.54) is 24.9 Å². The lowest BCUT2D eigenvalue weighted by Crippen LogP contribution is -2.54. The van der Waals surface area contributed by atoms with Gasteiger partial charge in [-0.2, -0.15) is 0 Å². The Hall–Kier alpha value is -3.49. The number of carbonyl (C=O) groups excluding carboxylic acids is 3. The zero-order chi connectivity index (χ0) is 22.0. The molecule has 9 heteroatoms. The molecule has 1 aliphatic rings. The SMILES string of the molecule is COc1ccc(N2C(=O)NC(=O)C(=Cc3ccc(Sc4ccc(Cl)cc4)o3)C2=O)cc1.